The van der Waals surface area contributed by atoms with Crippen molar-refractivity contribution in [1.82, 2.24) is 4.98 Å². The van der Waals surface area contributed by atoms with Crippen LogP contribution in [0.25, 0.3) is 11.3 Å². The number of thiazole rings is 1. The number of nitrogens with one attached hydrogen (secondary N) is 1. The van der Waals surface area contributed by atoms with Crippen LogP contribution < -0.4 is 5.32 Å². The Bertz CT molecular complexity index is 594. The lowest BCUT2D eigenvalue weighted by molar-refractivity contribution is -0.116. The first-order chi connectivity index (χ1) is 10.1. The maximum absolute atomic E-state index is 12.0. The van der Waals surface area contributed by atoms with Gasteiger partial charge in [0.15, 0.2) is 4.34 Å². The van der Waals surface area contributed by atoms with E-state index in [9.17, 15) is 4.79 Å². The largest absolute Gasteiger partial charge is 0.316 e. The molecule has 0 saturated carbocycles. The lowest BCUT2D eigenvalue weighted by Gasteiger charge is -2.06. The molecule has 0 atom stereocenters. The van der Waals surface area contributed by atoms with Gasteiger partial charge in [0.05, 0.1) is 0 Å². The van der Waals surface area contributed by atoms with E-state index >= 15 is 0 Å². The molecule has 0 aliphatic heterocycles. The lowest BCUT2D eigenvalue weighted by Crippen LogP contribution is -2.13. The highest BCUT2D eigenvalue weighted by molar-refractivity contribution is 8.01. The SMILES string of the molecule is CCSc1nc(-c2ccccc2)c(NC(=O)CC(C)C)s1. The Morgan fingerprint density at radius 3 is 2.67 bits per heavy atom. The van der Waals surface area contributed by atoms with Crippen molar-refractivity contribution in [3.05, 3.63) is 30.3 Å². The van der Waals surface area contributed by atoms with Crippen molar-refractivity contribution in [1.29, 1.82) is 0 Å². The Balaban J connectivity index is 2.28. The summed E-state index contributed by atoms with van der Waals surface area (Å²) in [6, 6.07) is 10.00. The van der Waals surface area contributed by atoms with Crippen LogP contribution in [0.15, 0.2) is 34.7 Å². The summed E-state index contributed by atoms with van der Waals surface area (Å²) in [5.74, 6) is 1.38. The molecule has 112 valence electrons. The molecule has 1 aromatic heterocycles. The van der Waals surface area contributed by atoms with Gasteiger partial charge in [-0.25, -0.2) is 4.98 Å². The summed E-state index contributed by atoms with van der Waals surface area (Å²) in [5, 5.41) is 3.87. The van der Waals surface area contributed by atoms with Crippen LogP contribution in [0.5, 0.6) is 0 Å². The fourth-order valence-corrected chi connectivity index (χ4v) is 3.89. The van der Waals surface area contributed by atoms with Gasteiger partial charge in [-0.3, -0.25) is 4.79 Å². The minimum absolute atomic E-state index is 0.0545. The average Bonchev–Trinajstić information content (AvgIpc) is 2.82. The maximum Gasteiger partial charge on any atom is 0.225 e. The molecule has 0 radical (unpaired) electrons. The van der Waals surface area contributed by atoms with Crippen LogP contribution in [0.3, 0.4) is 0 Å². The molecule has 1 N–H and O–H groups in total. The van der Waals surface area contributed by atoms with Crippen molar-refractivity contribution in [2.75, 3.05) is 11.1 Å². The van der Waals surface area contributed by atoms with Gasteiger partial charge in [0, 0.05) is 12.0 Å². The fourth-order valence-electron chi connectivity index (χ4n) is 1.91. The van der Waals surface area contributed by atoms with E-state index in [2.05, 4.69) is 17.2 Å². The molecule has 2 rings (SSSR count). The summed E-state index contributed by atoms with van der Waals surface area (Å²) in [6.45, 7) is 6.19. The van der Waals surface area contributed by atoms with Crippen LogP contribution in [-0.2, 0) is 4.79 Å². The molecule has 1 heterocycles. The van der Waals surface area contributed by atoms with Crippen molar-refractivity contribution in [3.63, 3.8) is 0 Å². The molecule has 0 fully saturated rings. The van der Waals surface area contributed by atoms with Gasteiger partial charge in [-0.1, -0.05) is 74.2 Å². The van der Waals surface area contributed by atoms with Crippen LogP contribution in [0.1, 0.15) is 27.2 Å². The first-order valence-corrected chi connectivity index (χ1v) is 8.89. The molecular formula is C16H20N2OS2. The monoisotopic (exact) mass is 320 g/mol. The topological polar surface area (TPSA) is 42.0 Å². The van der Waals surface area contributed by atoms with Gasteiger partial charge in [-0.2, -0.15) is 0 Å². The number of amides is 1. The summed E-state index contributed by atoms with van der Waals surface area (Å²) in [5.41, 5.74) is 1.91. The van der Waals surface area contributed by atoms with Gasteiger partial charge in [-0.05, 0) is 11.7 Å². The summed E-state index contributed by atoms with van der Waals surface area (Å²) in [4.78, 5) is 16.7. The third-order valence-electron chi connectivity index (χ3n) is 2.77. The first-order valence-electron chi connectivity index (χ1n) is 7.09. The van der Waals surface area contributed by atoms with E-state index < -0.39 is 0 Å². The minimum atomic E-state index is 0.0545. The number of rotatable bonds is 6. The molecule has 0 aliphatic rings. The van der Waals surface area contributed by atoms with Crippen molar-refractivity contribution < 1.29 is 4.79 Å². The molecule has 21 heavy (non-hydrogen) atoms. The molecule has 0 aliphatic carbocycles. The molecular weight excluding hydrogens is 300 g/mol. The summed E-state index contributed by atoms with van der Waals surface area (Å²) >= 11 is 3.26. The van der Waals surface area contributed by atoms with Crippen LogP contribution in [0.2, 0.25) is 0 Å². The van der Waals surface area contributed by atoms with E-state index in [-0.39, 0.29) is 5.91 Å². The fraction of sp³-hybridized carbons (Fsp3) is 0.375. The summed E-state index contributed by atoms with van der Waals surface area (Å²) in [7, 11) is 0. The standard InChI is InChI=1S/C16H20N2OS2/c1-4-20-16-18-14(12-8-6-5-7-9-12)15(21-16)17-13(19)10-11(2)3/h5-9,11H,4,10H2,1-3H3,(H,17,19). The number of hydrogen-bond acceptors (Lipinski definition) is 4. The van der Waals surface area contributed by atoms with E-state index in [1.165, 1.54) is 0 Å². The van der Waals surface area contributed by atoms with Gasteiger partial charge < -0.3 is 5.32 Å². The van der Waals surface area contributed by atoms with Crippen molar-refractivity contribution >= 4 is 34.0 Å². The zero-order valence-electron chi connectivity index (χ0n) is 12.6. The van der Waals surface area contributed by atoms with Crippen LogP contribution in [0, 0.1) is 5.92 Å². The van der Waals surface area contributed by atoms with Crippen molar-refractivity contribution in [2.45, 2.75) is 31.5 Å². The predicted octanol–water partition coefficient (Wildman–Crippen LogP) is 4.91. The lowest BCUT2D eigenvalue weighted by atomic mass is 10.1. The highest BCUT2D eigenvalue weighted by Gasteiger charge is 2.16. The molecule has 3 nitrogen and oxygen atoms in total. The predicted molar refractivity (Wildman–Crippen MR) is 92.0 cm³/mol. The van der Waals surface area contributed by atoms with E-state index in [4.69, 9.17) is 0 Å². The molecule has 0 saturated heterocycles. The second-order valence-corrected chi connectivity index (χ2v) is 7.61. The highest BCUT2D eigenvalue weighted by Crippen LogP contribution is 2.37. The Kier molecular flexibility index (Phi) is 5.82. The molecule has 1 aromatic carbocycles. The molecule has 0 unspecified atom stereocenters. The van der Waals surface area contributed by atoms with Gasteiger partial charge in [-0.15, -0.1) is 0 Å². The summed E-state index contributed by atoms with van der Waals surface area (Å²) in [6.07, 6.45) is 0.530. The third-order valence-corrected chi connectivity index (χ3v) is 4.77. The number of anilines is 1. The van der Waals surface area contributed by atoms with E-state index in [0.717, 1.165) is 26.4 Å². The molecule has 2 aromatic rings. The van der Waals surface area contributed by atoms with Crippen LogP contribution in [-0.4, -0.2) is 16.6 Å². The number of aromatic nitrogens is 1. The smallest absolute Gasteiger partial charge is 0.225 e. The number of hydrogen-bond donors (Lipinski definition) is 1. The van der Waals surface area contributed by atoms with E-state index in [1.807, 2.05) is 44.2 Å². The van der Waals surface area contributed by atoms with E-state index in [0.29, 0.717) is 12.3 Å². The van der Waals surface area contributed by atoms with Crippen molar-refractivity contribution in [2.24, 2.45) is 5.92 Å². The molecule has 1 amide bonds. The molecule has 0 spiro atoms. The van der Waals surface area contributed by atoms with Gasteiger partial charge in [0.1, 0.15) is 10.7 Å². The second-order valence-electron chi connectivity index (χ2n) is 5.10. The van der Waals surface area contributed by atoms with Gasteiger partial charge >= 0.3 is 0 Å². The Morgan fingerprint density at radius 1 is 1.33 bits per heavy atom. The number of carbonyl (C=O) groups is 1. The number of nitrogens with zero attached hydrogens (tertiary/aromatic N) is 1. The quantitative estimate of drug-likeness (QED) is 0.769. The number of benzene rings is 1. The minimum Gasteiger partial charge on any atom is -0.316 e. The second kappa shape index (κ2) is 7.61. The molecule has 0 bridgehead atoms. The van der Waals surface area contributed by atoms with Crippen molar-refractivity contribution in [3.8, 4) is 11.3 Å². The van der Waals surface area contributed by atoms with Gasteiger partial charge in [0.2, 0.25) is 5.91 Å². The van der Waals surface area contributed by atoms with Crippen LogP contribution >= 0.6 is 23.1 Å². The Morgan fingerprint density at radius 2 is 2.05 bits per heavy atom. The number of thioether (sulfide) groups is 1. The maximum atomic E-state index is 12.0. The Hall–Kier alpha value is -1.33. The number of carbonyl (C=O) groups excluding carboxylic acids is 1. The average molecular weight is 320 g/mol. The highest BCUT2D eigenvalue weighted by atomic mass is 32.2. The normalized spacial score (nSPS) is 10.9. The Labute approximate surface area is 134 Å². The molecule has 5 heteroatoms. The van der Waals surface area contributed by atoms with Gasteiger partial charge in [0.25, 0.3) is 0 Å². The zero-order chi connectivity index (χ0) is 15.2. The zero-order valence-corrected chi connectivity index (χ0v) is 14.2. The van der Waals surface area contributed by atoms with Crippen LogP contribution in [0.4, 0.5) is 5.00 Å². The summed E-state index contributed by atoms with van der Waals surface area (Å²) < 4.78 is 0.996. The van der Waals surface area contributed by atoms with E-state index in [1.54, 1.807) is 23.1 Å². The third kappa shape index (κ3) is 4.58. The first kappa shape index (κ1) is 16.0.